The van der Waals surface area contributed by atoms with Crippen LogP contribution in [0.5, 0.6) is 5.75 Å². The largest absolute Gasteiger partial charge is 0.490 e. The predicted octanol–water partition coefficient (Wildman–Crippen LogP) is 4.78. The first kappa shape index (κ1) is 20.7. The minimum Gasteiger partial charge on any atom is -0.490 e. The van der Waals surface area contributed by atoms with E-state index in [9.17, 15) is 28.1 Å². The van der Waals surface area contributed by atoms with E-state index in [1.807, 2.05) is 6.92 Å². The molecular formula is C16H21F3N2O4. The maximum Gasteiger partial charge on any atom is 0.426 e. The third kappa shape index (κ3) is 5.61. The Kier molecular flexibility index (Phi) is 7.20. The van der Waals surface area contributed by atoms with Crippen molar-refractivity contribution in [1.29, 1.82) is 0 Å². The molecule has 0 heterocycles. The lowest BCUT2D eigenvalue weighted by Gasteiger charge is -2.18. The van der Waals surface area contributed by atoms with Gasteiger partial charge in [-0.25, -0.2) is 0 Å². The minimum atomic E-state index is -5.00. The Hall–Kier alpha value is -2.32. The van der Waals surface area contributed by atoms with Crippen molar-refractivity contribution < 1.29 is 27.6 Å². The van der Waals surface area contributed by atoms with Crippen LogP contribution < -0.4 is 10.1 Å². The van der Waals surface area contributed by atoms with Crippen molar-refractivity contribution in [2.45, 2.75) is 46.2 Å². The molecule has 0 aromatic heterocycles. The lowest BCUT2D eigenvalue weighted by atomic mass is 10.1. The lowest BCUT2D eigenvalue weighted by Crippen LogP contribution is -2.20. The van der Waals surface area contributed by atoms with Gasteiger partial charge in [-0.1, -0.05) is 33.6 Å². The summed E-state index contributed by atoms with van der Waals surface area (Å²) >= 11 is 0. The van der Waals surface area contributed by atoms with E-state index in [0.29, 0.717) is 6.42 Å². The summed E-state index contributed by atoms with van der Waals surface area (Å²) in [7, 11) is 0. The summed E-state index contributed by atoms with van der Waals surface area (Å²) in [5, 5.41) is 13.3. The third-order valence-electron chi connectivity index (χ3n) is 3.39. The molecule has 9 heteroatoms. The van der Waals surface area contributed by atoms with Crippen molar-refractivity contribution in [3.05, 3.63) is 27.8 Å². The number of unbranched alkanes of at least 4 members (excludes halogenated alkanes) is 2. The molecule has 1 N–H and O–H groups in total. The van der Waals surface area contributed by atoms with Gasteiger partial charge in [-0.05, 0) is 12.5 Å². The first-order valence-corrected chi connectivity index (χ1v) is 7.91. The summed E-state index contributed by atoms with van der Waals surface area (Å²) in [6, 6.07) is 1.78. The van der Waals surface area contributed by atoms with E-state index in [4.69, 9.17) is 4.74 Å². The van der Waals surface area contributed by atoms with Crippen molar-refractivity contribution in [2.75, 3.05) is 11.9 Å². The van der Waals surface area contributed by atoms with Crippen LogP contribution in [0, 0.1) is 16.0 Å². The molecule has 0 saturated heterocycles. The van der Waals surface area contributed by atoms with Gasteiger partial charge in [-0.2, -0.15) is 13.2 Å². The Morgan fingerprint density at radius 2 is 1.96 bits per heavy atom. The fourth-order valence-electron chi connectivity index (χ4n) is 2.05. The topological polar surface area (TPSA) is 81.5 Å². The average molecular weight is 362 g/mol. The second-order valence-electron chi connectivity index (χ2n) is 5.79. The molecule has 0 aliphatic rings. The molecule has 0 unspecified atom stereocenters. The number of nitrogens with one attached hydrogen (secondary N) is 1. The van der Waals surface area contributed by atoms with Crippen LogP contribution >= 0.6 is 0 Å². The van der Waals surface area contributed by atoms with E-state index in [-0.39, 0.29) is 12.3 Å². The fraction of sp³-hybridized carbons (Fsp3) is 0.562. The van der Waals surface area contributed by atoms with E-state index in [0.717, 1.165) is 25.0 Å². The number of hydrogen-bond donors (Lipinski definition) is 1. The van der Waals surface area contributed by atoms with E-state index in [1.54, 1.807) is 13.8 Å². The smallest absolute Gasteiger partial charge is 0.426 e. The second kappa shape index (κ2) is 8.68. The van der Waals surface area contributed by atoms with Crippen molar-refractivity contribution in [1.82, 2.24) is 0 Å². The Balaban J connectivity index is 3.40. The Morgan fingerprint density at radius 3 is 2.44 bits per heavy atom. The van der Waals surface area contributed by atoms with Gasteiger partial charge in [-0.15, -0.1) is 0 Å². The number of nitro groups is 1. The van der Waals surface area contributed by atoms with E-state index in [1.165, 1.54) is 0 Å². The highest BCUT2D eigenvalue weighted by atomic mass is 19.4. The van der Waals surface area contributed by atoms with Crippen LogP contribution in [0.1, 0.15) is 45.6 Å². The Labute approximate surface area is 143 Å². The summed E-state index contributed by atoms with van der Waals surface area (Å²) in [5.74, 6) is -1.70. The molecule has 25 heavy (non-hydrogen) atoms. The van der Waals surface area contributed by atoms with Crippen LogP contribution in [0.2, 0.25) is 0 Å². The number of nitrogens with zero attached hydrogens (tertiary/aromatic N) is 1. The number of nitro benzene ring substituents is 1. The lowest BCUT2D eigenvalue weighted by molar-refractivity contribution is -0.388. The molecule has 0 atom stereocenters. The summed E-state index contributed by atoms with van der Waals surface area (Å²) in [6.45, 7) is 5.03. The van der Waals surface area contributed by atoms with Crippen molar-refractivity contribution in [3.63, 3.8) is 0 Å². The number of ether oxygens (including phenoxy) is 1. The molecule has 1 amide bonds. The molecule has 0 spiro atoms. The molecular weight excluding hydrogens is 341 g/mol. The van der Waals surface area contributed by atoms with Crippen LogP contribution in [-0.2, 0) is 11.0 Å². The number of carbonyl (C=O) groups excluding carboxylic acids is 1. The first-order chi connectivity index (χ1) is 11.6. The molecule has 1 aromatic carbocycles. The molecule has 0 saturated carbocycles. The maximum absolute atomic E-state index is 13.4. The average Bonchev–Trinajstić information content (AvgIpc) is 2.50. The summed E-state index contributed by atoms with van der Waals surface area (Å²) in [6.07, 6.45) is -2.93. The number of benzene rings is 1. The van der Waals surface area contributed by atoms with Crippen LogP contribution in [-0.4, -0.2) is 17.4 Å². The van der Waals surface area contributed by atoms with Crippen LogP contribution in [0.3, 0.4) is 0 Å². The summed E-state index contributed by atoms with van der Waals surface area (Å²) < 4.78 is 45.5. The van der Waals surface area contributed by atoms with Gasteiger partial charge in [0, 0.05) is 12.0 Å². The zero-order valence-electron chi connectivity index (χ0n) is 14.3. The van der Waals surface area contributed by atoms with Gasteiger partial charge in [0.25, 0.3) is 5.69 Å². The second-order valence-corrected chi connectivity index (χ2v) is 5.79. The number of alkyl halides is 3. The van der Waals surface area contributed by atoms with E-state index in [2.05, 4.69) is 5.32 Å². The van der Waals surface area contributed by atoms with Gasteiger partial charge in [0.2, 0.25) is 5.91 Å². The maximum atomic E-state index is 13.4. The molecule has 1 aromatic rings. The highest BCUT2D eigenvalue weighted by molar-refractivity contribution is 5.94. The number of halogens is 3. The van der Waals surface area contributed by atoms with Crippen molar-refractivity contribution in [3.8, 4) is 5.75 Å². The van der Waals surface area contributed by atoms with Gasteiger partial charge in [-0.3, -0.25) is 14.9 Å². The Morgan fingerprint density at radius 1 is 1.32 bits per heavy atom. The molecule has 0 bridgehead atoms. The molecule has 6 nitrogen and oxygen atoms in total. The van der Waals surface area contributed by atoms with Crippen LogP contribution in [0.15, 0.2) is 12.1 Å². The first-order valence-electron chi connectivity index (χ1n) is 7.91. The highest BCUT2D eigenvalue weighted by Crippen LogP contribution is 2.46. The number of amides is 1. The SMILES string of the molecule is CCCCCOc1c(NC(=O)C(C)C)ccc([N+](=O)[O-])c1C(F)(F)F. The standard InChI is InChI=1S/C16H21F3N2O4/c1-4-5-6-9-25-14-11(20-15(22)10(2)3)7-8-12(21(23)24)13(14)16(17,18)19/h7-8,10H,4-6,9H2,1-3H3,(H,20,22). The minimum absolute atomic E-state index is 0.0391. The van der Waals surface area contributed by atoms with Crippen molar-refractivity contribution >= 4 is 17.3 Å². The number of rotatable bonds is 8. The van der Waals surface area contributed by atoms with Gasteiger partial charge in [0.1, 0.15) is 0 Å². The third-order valence-corrected chi connectivity index (χ3v) is 3.39. The monoisotopic (exact) mass is 362 g/mol. The van der Waals surface area contributed by atoms with Crippen molar-refractivity contribution in [2.24, 2.45) is 5.92 Å². The summed E-state index contributed by atoms with van der Waals surface area (Å²) in [5.41, 5.74) is -2.83. The molecule has 140 valence electrons. The van der Waals surface area contributed by atoms with Gasteiger partial charge in [0.05, 0.1) is 17.2 Å². The molecule has 0 radical (unpaired) electrons. The quantitative estimate of drug-likeness (QED) is 0.410. The molecule has 1 rings (SSSR count). The fourth-order valence-corrected chi connectivity index (χ4v) is 2.05. The number of anilines is 1. The van der Waals surface area contributed by atoms with Crippen LogP contribution in [0.25, 0.3) is 0 Å². The van der Waals surface area contributed by atoms with Crippen LogP contribution in [0.4, 0.5) is 24.5 Å². The number of hydrogen-bond acceptors (Lipinski definition) is 4. The zero-order chi connectivity index (χ0) is 19.2. The number of carbonyl (C=O) groups is 1. The Bertz CT molecular complexity index is 631. The molecule has 0 aliphatic carbocycles. The molecule has 0 aliphatic heterocycles. The summed E-state index contributed by atoms with van der Waals surface area (Å²) in [4.78, 5) is 21.7. The van der Waals surface area contributed by atoms with Gasteiger partial charge in [0.15, 0.2) is 11.3 Å². The van der Waals surface area contributed by atoms with Gasteiger partial charge >= 0.3 is 6.18 Å². The van der Waals surface area contributed by atoms with E-state index >= 15 is 0 Å². The molecule has 0 fully saturated rings. The normalized spacial score (nSPS) is 11.5. The van der Waals surface area contributed by atoms with E-state index < -0.39 is 39.9 Å². The van der Waals surface area contributed by atoms with Gasteiger partial charge < -0.3 is 10.1 Å². The highest BCUT2D eigenvalue weighted by Gasteiger charge is 2.43. The zero-order valence-corrected chi connectivity index (χ0v) is 14.3. The predicted molar refractivity (Wildman–Crippen MR) is 86.6 cm³/mol.